The van der Waals surface area contributed by atoms with Crippen LogP contribution in [0.3, 0.4) is 0 Å². The van der Waals surface area contributed by atoms with Crippen molar-refractivity contribution >= 4 is 0 Å². The van der Waals surface area contributed by atoms with Gasteiger partial charge in [-0.1, -0.05) is 6.07 Å². The van der Waals surface area contributed by atoms with Crippen molar-refractivity contribution in [2.45, 2.75) is 18.8 Å². The fraction of sp³-hybridized carbons (Fsp3) is 0.500. The lowest BCUT2D eigenvalue weighted by atomic mass is 10.1. The molecule has 2 rings (SSSR count). The van der Waals surface area contributed by atoms with Gasteiger partial charge in [0.25, 0.3) is 0 Å². The van der Waals surface area contributed by atoms with E-state index in [4.69, 9.17) is 15.2 Å². The lowest BCUT2D eigenvalue weighted by Crippen LogP contribution is -2.27. The minimum atomic E-state index is -0.682. The number of ether oxygens (including phenoxy) is 2. The molecule has 1 aromatic rings. The summed E-state index contributed by atoms with van der Waals surface area (Å²) in [6.07, 6.45) is 3.46. The summed E-state index contributed by atoms with van der Waals surface area (Å²) in [6, 6.07) is 3.80. The van der Waals surface area contributed by atoms with Crippen LogP contribution in [0.1, 0.15) is 12.5 Å². The second-order valence-corrected chi connectivity index (χ2v) is 3.47. The van der Waals surface area contributed by atoms with Gasteiger partial charge in [0.1, 0.15) is 0 Å². The first kappa shape index (κ1) is 9.58. The van der Waals surface area contributed by atoms with E-state index in [-0.39, 0.29) is 6.10 Å². The topological polar surface area (TPSA) is 57.4 Å². The van der Waals surface area contributed by atoms with Crippen LogP contribution in [0.2, 0.25) is 0 Å². The highest BCUT2D eigenvalue weighted by Crippen LogP contribution is 2.32. The van der Waals surface area contributed by atoms with E-state index in [1.807, 2.05) is 19.1 Å². The molecule has 4 heteroatoms. The second kappa shape index (κ2) is 3.65. The highest BCUT2D eigenvalue weighted by Gasteiger charge is 2.38. The molecule has 1 fully saturated rings. The first-order valence-corrected chi connectivity index (χ1v) is 4.67. The van der Waals surface area contributed by atoms with Gasteiger partial charge in [-0.2, -0.15) is 0 Å². The average Bonchev–Trinajstić information content (AvgIpc) is 2.63. The van der Waals surface area contributed by atoms with Crippen LogP contribution in [-0.2, 0) is 15.3 Å². The maximum absolute atomic E-state index is 5.70. The van der Waals surface area contributed by atoms with Crippen molar-refractivity contribution in [1.29, 1.82) is 0 Å². The number of pyridine rings is 1. The summed E-state index contributed by atoms with van der Waals surface area (Å²) >= 11 is 0. The highest BCUT2D eigenvalue weighted by molar-refractivity contribution is 5.15. The Labute approximate surface area is 83.0 Å². The van der Waals surface area contributed by atoms with Crippen molar-refractivity contribution in [3.8, 4) is 0 Å². The van der Waals surface area contributed by atoms with Crippen LogP contribution < -0.4 is 5.73 Å². The van der Waals surface area contributed by atoms with Gasteiger partial charge >= 0.3 is 0 Å². The summed E-state index contributed by atoms with van der Waals surface area (Å²) in [7, 11) is 0. The Morgan fingerprint density at radius 2 is 2.57 bits per heavy atom. The first-order chi connectivity index (χ1) is 6.74. The van der Waals surface area contributed by atoms with E-state index in [2.05, 4.69) is 4.98 Å². The van der Waals surface area contributed by atoms with Gasteiger partial charge in [0, 0.05) is 24.5 Å². The van der Waals surface area contributed by atoms with Crippen LogP contribution >= 0.6 is 0 Å². The zero-order chi connectivity index (χ0) is 10.0. The van der Waals surface area contributed by atoms with Gasteiger partial charge in [0.2, 0.25) is 0 Å². The molecule has 1 aromatic heterocycles. The molecule has 2 atom stereocenters. The van der Waals surface area contributed by atoms with Gasteiger partial charge in [-0.3, -0.25) is 4.98 Å². The van der Waals surface area contributed by atoms with Gasteiger partial charge < -0.3 is 15.2 Å². The van der Waals surface area contributed by atoms with Crippen LogP contribution in [0.4, 0.5) is 0 Å². The number of hydrogen-bond acceptors (Lipinski definition) is 4. The third kappa shape index (κ3) is 1.64. The fourth-order valence-corrected chi connectivity index (χ4v) is 1.54. The number of aromatic nitrogens is 1. The van der Waals surface area contributed by atoms with Crippen molar-refractivity contribution in [3.05, 3.63) is 30.1 Å². The molecule has 4 nitrogen and oxygen atoms in total. The normalized spacial score (nSPS) is 32.0. The molecule has 2 heterocycles. The van der Waals surface area contributed by atoms with Crippen molar-refractivity contribution in [1.82, 2.24) is 4.98 Å². The minimum absolute atomic E-state index is 0.0137. The van der Waals surface area contributed by atoms with E-state index in [0.29, 0.717) is 13.2 Å². The quantitative estimate of drug-likeness (QED) is 0.750. The molecule has 0 bridgehead atoms. The molecule has 2 unspecified atom stereocenters. The maximum atomic E-state index is 5.70. The Morgan fingerprint density at radius 3 is 3.14 bits per heavy atom. The summed E-state index contributed by atoms with van der Waals surface area (Å²) in [6.45, 7) is 2.91. The molecule has 2 N–H and O–H groups in total. The fourth-order valence-electron chi connectivity index (χ4n) is 1.54. The van der Waals surface area contributed by atoms with Gasteiger partial charge in [-0.25, -0.2) is 0 Å². The third-order valence-electron chi connectivity index (χ3n) is 2.39. The third-order valence-corrected chi connectivity index (χ3v) is 2.39. The molecule has 0 radical (unpaired) electrons. The van der Waals surface area contributed by atoms with E-state index in [9.17, 15) is 0 Å². The lowest BCUT2D eigenvalue weighted by Gasteiger charge is -2.22. The summed E-state index contributed by atoms with van der Waals surface area (Å²) in [4.78, 5) is 4.03. The van der Waals surface area contributed by atoms with Crippen LogP contribution in [0, 0.1) is 0 Å². The molecule has 0 amide bonds. The van der Waals surface area contributed by atoms with E-state index >= 15 is 0 Å². The van der Waals surface area contributed by atoms with Crippen molar-refractivity contribution in [2.75, 3.05) is 13.2 Å². The summed E-state index contributed by atoms with van der Waals surface area (Å²) < 4.78 is 11.3. The van der Waals surface area contributed by atoms with E-state index in [1.165, 1.54) is 0 Å². The number of nitrogens with zero attached hydrogens (tertiary/aromatic N) is 1. The molecule has 0 aliphatic carbocycles. The summed E-state index contributed by atoms with van der Waals surface area (Å²) in [5.74, 6) is -0.682. The van der Waals surface area contributed by atoms with Crippen molar-refractivity contribution < 1.29 is 9.47 Å². The van der Waals surface area contributed by atoms with E-state index in [0.717, 1.165) is 5.56 Å². The maximum Gasteiger partial charge on any atom is 0.193 e. The molecule has 1 aliphatic heterocycles. The SMILES string of the molecule is CC1(c2cccnc2)OCC(CN)O1. The zero-order valence-electron chi connectivity index (χ0n) is 8.14. The smallest absolute Gasteiger partial charge is 0.193 e. The molecule has 0 spiro atoms. The van der Waals surface area contributed by atoms with Gasteiger partial charge in [0.05, 0.1) is 12.7 Å². The minimum Gasteiger partial charge on any atom is -0.343 e. The first-order valence-electron chi connectivity index (χ1n) is 4.67. The predicted octanol–water partition coefficient (Wildman–Crippen LogP) is 0.628. The molecule has 14 heavy (non-hydrogen) atoms. The Bertz CT molecular complexity index is 304. The summed E-state index contributed by atoms with van der Waals surface area (Å²) in [5.41, 5.74) is 6.44. The number of rotatable bonds is 2. The Hall–Kier alpha value is -0.970. The Kier molecular flexibility index (Phi) is 2.50. The molecule has 1 saturated heterocycles. The number of hydrogen-bond donors (Lipinski definition) is 1. The Balaban J connectivity index is 2.19. The van der Waals surface area contributed by atoms with Crippen LogP contribution in [0.15, 0.2) is 24.5 Å². The van der Waals surface area contributed by atoms with E-state index in [1.54, 1.807) is 12.4 Å². The second-order valence-electron chi connectivity index (χ2n) is 3.47. The molecule has 0 saturated carbocycles. The van der Waals surface area contributed by atoms with Gasteiger partial charge in [0.15, 0.2) is 5.79 Å². The Morgan fingerprint density at radius 1 is 1.71 bits per heavy atom. The molecule has 1 aliphatic rings. The molecular weight excluding hydrogens is 180 g/mol. The summed E-state index contributed by atoms with van der Waals surface area (Å²) in [5, 5.41) is 0. The monoisotopic (exact) mass is 194 g/mol. The number of nitrogens with two attached hydrogens (primary N) is 1. The van der Waals surface area contributed by atoms with Crippen LogP contribution in [0.25, 0.3) is 0 Å². The van der Waals surface area contributed by atoms with Gasteiger partial charge in [-0.05, 0) is 13.0 Å². The van der Waals surface area contributed by atoms with Crippen molar-refractivity contribution in [3.63, 3.8) is 0 Å². The molecule has 0 aromatic carbocycles. The standard InChI is InChI=1S/C10H14N2O2/c1-10(8-3-2-4-12-6-8)13-7-9(5-11)14-10/h2-4,6,9H,5,7,11H2,1H3. The lowest BCUT2D eigenvalue weighted by molar-refractivity contribution is -0.160. The largest absolute Gasteiger partial charge is 0.343 e. The van der Waals surface area contributed by atoms with Crippen LogP contribution in [0.5, 0.6) is 0 Å². The van der Waals surface area contributed by atoms with Crippen molar-refractivity contribution in [2.24, 2.45) is 5.73 Å². The highest BCUT2D eigenvalue weighted by atomic mass is 16.7. The van der Waals surface area contributed by atoms with E-state index < -0.39 is 5.79 Å². The van der Waals surface area contributed by atoms with Crippen LogP contribution in [-0.4, -0.2) is 24.2 Å². The molecule has 76 valence electrons. The molecular formula is C10H14N2O2. The average molecular weight is 194 g/mol. The van der Waals surface area contributed by atoms with Gasteiger partial charge in [-0.15, -0.1) is 0 Å². The zero-order valence-corrected chi connectivity index (χ0v) is 8.14. The predicted molar refractivity (Wildman–Crippen MR) is 51.5 cm³/mol.